The first-order chi connectivity index (χ1) is 11.0. The van der Waals surface area contributed by atoms with E-state index in [-0.39, 0.29) is 12.1 Å². The van der Waals surface area contributed by atoms with Gasteiger partial charge in [0.15, 0.2) is 0 Å². The molecule has 0 aliphatic carbocycles. The zero-order valence-corrected chi connectivity index (χ0v) is 13.8. The van der Waals surface area contributed by atoms with E-state index in [1.54, 1.807) is 23.1 Å². The van der Waals surface area contributed by atoms with Gasteiger partial charge in [0.2, 0.25) is 0 Å². The fourth-order valence-electron chi connectivity index (χ4n) is 2.25. The number of benzene rings is 2. The fraction of sp³-hybridized carbons (Fsp3) is 0.125. The van der Waals surface area contributed by atoms with Crippen LogP contribution in [0.25, 0.3) is 11.0 Å². The normalized spacial score (nSPS) is 12.1. The van der Waals surface area contributed by atoms with Crippen molar-refractivity contribution in [1.82, 2.24) is 15.0 Å². The summed E-state index contributed by atoms with van der Waals surface area (Å²) in [7, 11) is 0. The van der Waals surface area contributed by atoms with Gasteiger partial charge < -0.3 is 5.32 Å². The smallest absolute Gasteiger partial charge is 0.330 e. The van der Waals surface area contributed by atoms with Crippen LogP contribution >= 0.6 is 23.2 Å². The van der Waals surface area contributed by atoms with Gasteiger partial charge in [-0.25, -0.2) is 19.9 Å². The lowest BCUT2D eigenvalue weighted by Gasteiger charge is -2.16. The Morgan fingerprint density at radius 3 is 2.74 bits per heavy atom. The number of urea groups is 1. The molecule has 0 bridgehead atoms. The van der Waals surface area contributed by atoms with E-state index in [0.717, 1.165) is 16.6 Å². The highest BCUT2D eigenvalue weighted by molar-refractivity contribution is 6.42. The summed E-state index contributed by atoms with van der Waals surface area (Å²) in [5, 5.41) is 3.79. The predicted octanol–water partition coefficient (Wildman–Crippen LogP) is 4.36. The molecular formula is C16H14Cl2N4O. The van der Waals surface area contributed by atoms with E-state index in [0.29, 0.717) is 10.0 Å². The van der Waals surface area contributed by atoms with E-state index in [4.69, 9.17) is 23.2 Å². The lowest BCUT2D eigenvalue weighted by atomic mass is 10.1. The number of fused-ring (bicyclic) bond motifs is 1. The molecule has 2 N–H and O–H groups in total. The average Bonchev–Trinajstić information content (AvgIpc) is 2.93. The second-order valence-corrected chi connectivity index (χ2v) is 5.90. The van der Waals surface area contributed by atoms with Crippen LogP contribution in [0.15, 0.2) is 48.8 Å². The van der Waals surface area contributed by atoms with Gasteiger partial charge in [0.1, 0.15) is 6.33 Å². The molecule has 2 amide bonds. The highest BCUT2D eigenvalue weighted by atomic mass is 35.5. The molecule has 3 aromatic rings. The van der Waals surface area contributed by atoms with Crippen molar-refractivity contribution in [2.75, 3.05) is 5.43 Å². The van der Waals surface area contributed by atoms with Crippen LogP contribution in [-0.4, -0.2) is 15.7 Å². The maximum Gasteiger partial charge on any atom is 0.334 e. The minimum absolute atomic E-state index is 0.223. The van der Waals surface area contributed by atoms with Gasteiger partial charge in [-0.15, -0.1) is 0 Å². The molecule has 7 heteroatoms. The van der Waals surface area contributed by atoms with Crippen LogP contribution in [0.3, 0.4) is 0 Å². The molecule has 118 valence electrons. The molecule has 1 heterocycles. The van der Waals surface area contributed by atoms with Crippen LogP contribution in [0.5, 0.6) is 0 Å². The number of imidazole rings is 1. The van der Waals surface area contributed by atoms with Gasteiger partial charge in [-0.05, 0) is 36.8 Å². The minimum atomic E-state index is -0.341. The molecule has 23 heavy (non-hydrogen) atoms. The van der Waals surface area contributed by atoms with Crippen molar-refractivity contribution in [2.24, 2.45) is 0 Å². The second kappa shape index (κ2) is 6.48. The van der Waals surface area contributed by atoms with E-state index < -0.39 is 0 Å². The topological polar surface area (TPSA) is 59.0 Å². The fourth-order valence-corrected chi connectivity index (χ4v) is 2.56. The highest BCUT2D eigenvalue weighted by Gasteiger charge is 2.12. The quantitative estimate of drug-likeness (QED) is 0.738. The van der Waals surface area contributed by atoms with E-state index in [9.17, 15) is 4.79 Å². The Bertz CT molecular complexity index is 862. The summed E-state index contributed by atoms with van der Waals surface area (Å²) in [5.41, 5.74) is 5.24. The molecule has 0 saturated heterocycles. The molecule has 5 nitrogen and oxygen atoms in total. The summed E-state index contributed by atoms with van der Waals surface area (Å²) in [6.07, 6.45) is 1.56. The molecule has 0 aliphatic heterocycles. The number of hydrogen-bond donors (Lipinski definition) is 2. The Morgan fingerprint density at radius 2 is 1.96 bits per heavy atom. The Morgan fingerprint density at radius 1 is 1.17 bits per heavy atom. The monoisotopic (exact) mass is 348 g/mol. The number of rotatable bonds is 3. The van der Waals surface area contributed by atoms with Crippen molar-refractivity contribution in [3.63, 3.8) is 0 Å². The third-order valence-corrected chi connectivity index (χ3v) is 4.21. The average molecular weight is 349 g/mol. The van der Waals surface area contributed by atoms with E-state index in [2.05, 4.69) is 15.7 Å². The number of amides is 2. The Labute approximate surface area is 143 Å². The molecule has 1 atom stereocenters. The van der Waals surface area contributed by atoms with Crippen molar-refractivity contribution >= 4 is 40.3 Å². The van der Waals surface area contributed by atoms with Gasteiger partial charge in [0.25, 0.3) is 0 Å². The Balaban J connectivity index is 1.70. The summed E-state index contributed by atoms with van der Waals surface area (Å²) >= 11 is 11.9. The van der Waals surface area contributed by atoms with E-state index in [1.807, 2.05) is 37.3 Å². The van der Waals surface area contributed by atoms with Crippen molar-refractivity contribution in [2.45, 2.75) is 13.0 Å². The molecule has 2 aromatic carbocycles. The Hall–Kier alpha value is -2.24. The summed E-state index contributed by atoms with van der Waals surface area (Å²) in [5.74, 6) is 0. The predicted molar refractivity (Wildman–Crippen MR) is 92.5 cm³/mol. The van der Waals surface area contributed by atoms with Gasteiger partial charge in [0.05, 0.1) is 27.1 Å². The third kappa shape index (κ3) is 3.41. The number of carbonyl (C=O) groups is 1. The Kier molecular flexibility index (Phi) is 4.41. The van der Waals surface area contributed by atoms with Crippen molar-refractivity contribution in [3.05, 3.63) is 64.4 Å². The van der Waals surface area contributed by atoms with Gasteiger partial charge >= 0.3 is 6.03 Å². The molecule has 0 spiro atoms. The van der Waals surface area contributed by atoms with Crippen LogP contribution in [0, 0.1) is 0 Å². The molecule has 0 saturated carbocycles. The lowest BCUT2D eigenvalue weighted by molar-refractivity contribution is 0.247. The number of para-hydroxylation sites is 2. The summed E-state index contributed by atoms with van der Waals surface area (Å²) in [4.78, 5) is 16.4. The molecule has 0 unspecified atom stereocenters. The molecule has 1 aromatic heterocycles. The van der Waals surface area contributed by atoms with Crippen LogP contribution in [-0.2, 0) is 0 Å². The van der Waals surface area contributed by atoms with Gasteiger partial charge in [0, 0.05) is 0 Å². The van der Waals surface area contributed by atoms with E-state index in [1.165, 1.54) is 0 Å². The molecule has 0 aliphatic rings. The van der Waals surface area contributed by atoms with Gasteiger partial charge in [-0.1, -0.05) is 41.4 Å². The SMILES string of the molecule is C[C@@H](NC(=O)Nn1cnc2ccccc21)c1ccc(Cl)c(Cl)c1. The maximum absolute atomic E-state index is 12.2. The van der Waals surface area contributed by atoms with Gasteiger partial charge in [-0.2, -0.15) is 0 Å². The van der Waals surface area contributed by atoms with Crippen molar-refractivity contribution in [3.8, 4) is 0 Å². The third-order valence-electron chi connectivity index (χ3n) is 3.47. The number of nitrogens with one attached hydrogen (secondary N) is 2. The molecule has 0 radical (unpaired) electrons. The summed E-state index contributed by atoms with van der Waals surface area (Å²) in [6, 6.07) is 12.2. The number of carbonyl (C=O) groups excluding carboxylic acids is 1. The van der Waals surface area contributed by atoms with Crippen molar-refractivity contribution in [1.29, 1.82) is 0 Å². The van der Waals surface area contributed by atoms with Crippen LogP contribution in [0.1, 0.15) is 18.5 Å². The van der Waals surface area contributed by atoms with Crippen LogP contribution in [0.2, 0.25) is 10.0 Å². The summed E-state index contributed by atoms with van der Waals surface area (Å²) < 4.78 is 1.58. The highest BCUT2D eigenvalue weighted by Crippen LogP contribution is 2.25. The maximum atomic E-state index is 12.2. The van der Waals surface area contributed by atoms with Crippen LogP contribution < -0.4 is 10.7 Å². The zero-order chi connectivity index (χ0) is 16.4. The summed E-state index contributed by atoms with van der Waals surface area (Å²) in [6.45, 7) is 1.87. The minimum Gasteiger partial charge on any atom is -0.330 e. The number of halogens is 2. The standard InChI is InChI=1S/C16H14Cl2N4O/c1-10(11-6-7-12(17)13(18)8-11)20-16(23)21-22-9-19-14-4-2-3-5-15(14)22/h2-10H,1H3,(H2,20,21,23)/t10-/m1/s1. The first-order valence-corrected chi connectivity index (χ1v) is 7.75. The zero-order valence-electron chi connectivity index (χ0n) is 12.3. The molecule has 0 fully saturated rings. The van der Waals surface area contributed by atoms with Gasteiger partial charge in [-0.3, -0.25) is 0 Å². The van der Waals surface area contributed by atoms with Crippen molar-refractivity contribution < 1.29 is 4.79 Å². The number of nitrogens with zero attached hydrogens (tertiary/aromatic N) is 2. The first kappa shape index (κ1) is 15.6. The first-order valence-electron chi connectivity index (χ1n) is 6.99. The van der Waals surface area contributed by atoms with E-state index >= 15 is 0 Å². The lowest BCUT2D eigenvalue weighted by Crippen LogP contribution is -2.35. The number of hydrogen-bond acceptors (Lipinski definition) is 2. The molecular weight excluding hydrogens is 335 g/mol. The number of aromatic nitrogens is 2. The largest absolute Gasteiger partial charge is 0.334 e. The second-order valence-electron chi connectivity index (χ2n) is 5.08. The molecule has 3 rings (SSSR count). The van der Waals surface area contributed by atoms with Crippen LogP contribution in [0.4, 0.5) is 4.79 Å².